The Bertz CT molecular complexity index is 442. The zero-order valence-corrected chi connectivity index (χ0v) is 11.6. The Balaban J connectivity index is 1.80. The van der Waals surface area contributed by atoms with Crippen LogP contribution in [0, 0.1) is 0 Å². The fourth-order valence-electron chi connectivity index (χ4n) is 2.68. The lowest BCUT2D eigenvalue weighted by atomic mass is 9.75. The van der Waals surface area contributed by atoms with E-state index in [2.05, 4.69) is 17.4 Å². The quantitative estimate of drug-likeness (QED) is 0.821. The average molecular weight is 262 g/mol. The number of ether oxygens (including phenoxy) is 1. The summed E-state index contributed by atoms with van der Waals surface area (Å²) in [5.74, 6) is 1.26. The zero-order chi connectivity index (χ0) is 13.8. The minimum Gasteiger partial charge on any atom is -0.497 e. The van der Waals surface area contributed by atoms with Crippen LogP contribution in [0.5, 0.6) is 5.75 Å². The van der Waals surface area contributed by atoms with Crippen molar-refractivity contribution in [1.29, 1.82) is 0 Å². The zero-order valence-electron chi connectivity index (χ0n) is 11.6. The maximum atomic E-state index is 10.8. The number of nitrogens with one attached hydrogen (secondary N) is 1. The molecule has 3 N–H and O–H groups in total. The molecule has 0 saturated heterocycles. The Hall–Kier alpha value is -1.55. The monoisotopic (exact) mass is 262 g/mol. The number of methoxy groups -OCH3 is 1. The van der Waals surface area contributed by atoms with Crippen molar-refractivity contribution in [2.45, 2.75) is 44.2 Å². The normalized spacial score (nSPS) is 23.5. The van der Waals surface area contributed by atoms with Gasteiger partial charge in [0.25, 0.3) is 0 Å². The molecule has 0 heterocycles. The van der Waals surface area contributed by atoms with Crippen LogP contribution in [0.4, 0.5) is 0 Å². The number of nitrogens with two attached hydrogens (primary N) is 1. The Kier molecular flexibility index (Phi) is 4.43. The van der Waals surface area contributed by atoms with Gasteiger partial charge in [0.15, 0.2) is 0 Å². The molecule has 1 atom stereocenters. The molecule has 19 heavy (non-hydrogen) atoms. The molecule has 0 bridgehead atoms. The highest BCUT2D eigenvalue weighted by Crippen LogP contribution is 2.38. The number of hydrogen-bond donors (Lipinski definition) is 2. The van der Waals surface area contributed by atoms with Crippen molar-refractivity contribution < 1.29 is 9.53 Å². The number of carbonyl (C=O) groups is 1. The van der Waals surface area contributed by atoms with Gasteiger partial charge in [-0.3, -0.25) is 4.79 Å². The Morgan fingerprint density at radius 3 is 2.89 bits per heavy atom. The van der Waals surface area contributed by atoms with Crippen molar-refractivity contribution in [3.8, 4) is 5.75 Å². The molecule has 0 aromatic heterocycles. The van der Waals surface area contributed by atoms with Crippen LogP contribution in [0.2, 0.25) is 0 Å². The summed E-state index contributed by atoms with van der Waals surface area (Å²) < 4.78 is 5.24. The highest BCUT2D eigenvalue weighted by atomic mass is 16.5. The molecule has 2 rings (SSSR count). The van der Waals surface area contributed by atoms with Gasteiger partial charge >= 0.3 is 0 Å². The maximum Gasteiger partial charge on any atom is 0.218 e. The predicted octanol–water partition coefficient (Wildman–Crippen LogP) is 1.79. The van der Waals surface area contributed by atoms with Gasteiger partial charge in [-0.25, -0.2) is 0 Å². The largest absolute Gasteiger partial charge is 0.497 e. The highest BCUT2D eigenvalue weighted by molar-refractivity contribution is 5.74. The molecule has 1 saturated carbocycles. The first-order chi connectivity index (χ1) is 9.08. The number of amides is 1. The SMILES string of the molecule is COc1cccc(C2CC(NC(C)CC(N)=O)C2)c1. The molecule has 1 fully saturated rings. The van der Waals surface area contributed by atoms with Crippen LogP contribution < -0.4 is 15.8 Å². The van der Waals surface area contributed by atoms with E-state index in [-0.39, 0.29) is 11.9 Å². The third-order valence-corrected chi connectivity index (χ3v) is 3.73. The van der Waals surface area contributed by atoms with E-state index in [1.54, 1.807) is 7.11 Å². The van der Waals surface area contributed by atoms with Gasteiger partial charge < -0.3 is 15.8 Å². The minimum absolute atomic E-state index is 0.161. The van der Waals surface area contributed by atoms with E-state index in [0.29, 0.717) is 18.4 Å². The molecule has 104 valence electrons. The summed E-state index contributed by atoms with van der Waals surface area (Å²) in [5.41, 5.74) is 6.52. The summed E-state index contributed by atoms with van der Waals surface area (Å²) in [7, 11) is 1.69. The number of primary amides is 1. The predicted molar refractivity (Wildman–Crippen MR) is 75.2 cm³/mol. The Morgan fingerprint density at radius 1 is 1.53 bits per heavy atom. The molecule has 1 amide bonds. The standard InChI is InChI=1S/C15H22N2O2/c1-10(6-15(16)18)17-13-7-12(8-13)11-4-3-5-14(9-11)19-2/h3-5,9-10,12-13,17H,6-8H2,1-2H3,(H2,16,18). The molecule has 4 heteroatoms. The topological polar surface area (TPSA) is 64.3 Å². The van der Waals surface area contributed by atoms with Crippen LogP contribution in [0.15, 0.2) is 24.3 Å². The van der Waals surface area contributed by atoms with Crippen molar-refractivity contribution in [2.75, 3.05) is 7.11 Å². The fourth-order valence-corrected chi connectivity index (χ4v) is 2.68. The highest BCUT2D eigenvalue weighted by Gasteiger charge is 2.31. The molecule has 0 aliphatic heterocycles. The molecule has 0 radical (unpaired) electrons. The molecular weight excluding hydrogens is 240 g/mol. The molecule has 1 aliphatic carbocycles. The summed E-state index contributed by atoms with van der Waals surface area (Å²) in [4.78, 5) is 10.8. The first kappa shape index (κ1) is 13.9. The van der Waals surface area contributed by atoms with E-state index in [0.717, 1.165) is 18.6 Å². The maximum absolute atomic E-state index is 10.8. The van der Waals surface area contributed by atoms with Crippen LogP contribution in [-0.4, -0.2) is 25.1 Å². The number of carbonyl (C=O) groups excluding carboxylic acids is 1. The molecule has 1 aromatic carbocycles. The summed E-state index contributed by atoms with van der Waals surface area (Å²) in [6, 6.07) is 8.90. The summed E-state index contributed by atoms with van der Waals surface area (Å²) in [6.07, 6.45) is 2.62. The second kappa shape index (κ2) is 6.06. The molecule has 1 aromatic rings. The van der Waals surface area contributed by atoms with E-state index < -0.39 is 0 Å². The van der Waals surface area contributed by atoms with Crippen molar-refractivity contribution in [1.82, 2.24) is 5.32 Å². The van der Waals surface area contributed by atoms with E-state index in [1.807, 2.05) is 19.1 Å². The second-order valence-corrected chi connectivity index (χ2v) is 5.38. The van der Waals surface area contributed by atoms with Crippen LogP contribution in [-0.2, 0) is 4.79 Å². The Morgan fingerprint density at radius 2 is 2.26 bits per heavy atom. The third-order valence-electron chi connectivity index (χ3n) is 3.73. The van der Waals surface area contributed by atoms with Gasteiger partial charge in [0.2, 0.25) is 5.91 Å². The van der Waals surface area contributed by atoms with Crippen LogP contribution in [0.1, 0.15) is 37.7 Å². The summed E-state index contributed by atoms with van der Waals surface area (Å²) >= 11 is 0. The fraction of sp³-hybridized carbons (Fsp3) is 0.533. The van der Waals surface area contributed by atoms with Gasteiger partial charge in [0.1, 0.15) is 5.75 Å². The first-order valence-corrected chi connectivity index (χ1v) is 6.76. The van der Waals surface area contributed by atoms with Crippen molar-refractivity contribution in [3.05, 3.63) is 29.8 Å². The van der Waals surface area contributed by atoms with Gasteiger partial charge in [0.05, 0.1) is 7.11 Å². The molecule has 1 unspecified atom stereocenters. The van der Waals surface area contributed by atoms with Crippen molar-refractivity contribution >= 4 is 5.91 Å². The third kappa shape index (κ3) is 3.70. The minimum atomic E-state index is -0.247. The van der Waals surface area contributed by atoms with Gasteiger partial charge in [-0.15, -0.1) is 0 Å². The first-order valence-electron chi connectivity index (χ1n) is 6.76. The second-order valence-electron chi connectivity index (χ2n) is 5.38. The van der Waals surface area contributed by atoms with E-state index in [1.165, 1.54) is 5.56 Å². The van der Waals surface area contributed by atoms with Crippen LogP contribution >= 0.6 is 0 Å². The molecule has 1 aliphatic rings. The van der Waals surface area contributed by atoms with Gasteiger partial charge in [-0.05, 0) is 43.4 Å². The Labute approximate surface area is 114 Å². The van der Waals surface area contributed by atoms with E-state index in [4.69, 9.17) is 10.5 Å². The average Bonchev–Trinajstić information content (AvgIpc) is 2.32. The van der Waals surface area contributed by atoms with Crippen LogP contribution in [0.25, 0.3) is 0 Å². The molecular formula is C15H22N2O2. The summed E-state index contributed by atoms with van der Waals surface area (Å²) in [6.45, 7) is 2.00. The van der Waals surface area contributed by atoms with E-state index >= 15 is 0 Å². The van der Waals surface area contributed by atoms with Crippen LogP contribution in [0.3, 0.4) is 0 Å². The smallest absolute Gasteiger partial charge is 0.218 e. The number of rotatable bonds is 6. The molecule has 4 nitrogen and oxygen atoms in total. The van der Waals surface area contributed by atoms with E-state index in [9.17, 15) is 4.79 Å². The van der Waals surface area contributed by atoms with Crippen molar-refractivity contribution in [3.63, 3.8) is 0 Å². The lowest BCUT2D eigenvalue weighted by molar-refractivity contribution is -0.118. The summed E-state index contributed by atoms with van der Waals surface area (Å²) in [5, 5.41) is 3.44. The lowest BCUT2D eigenvalue weighted by Crippen LogP contribution is -2.45. The van der Waals surface area contributed by atoms with Crippen molar-refractivity contribution in [2.24, 2.45) is 5.73 Å². The number of benzene rings is 1. The number of hydrogen-bond acceptors (Lipinski definition) is 3. The van der Waals surface area contributed by atoms with Gasteiger partial charge in [-0.2, -0.15) is 0 Å². The van der Waals surface area contributed by atoms with Gasteiger partial charge in [0, 0.05) is 18.5 Å². The lowest BCUT2D eigenvalue weighted by Gasteiger charge is -2.38. The molecule has 0 spiro atoms. The van der Waals surface area contributed by atoms with Gasteiger partial charge in [-0.1, -0.05) is 12.1 Å².